The first kappa shape index (κ1) is 18.3. The number of carbonyl (C=O) groups is 2. The number of aryl methyl sites for hydroxylation is 2. The summed E-state index contributed by atoms with van der Waals surface area (Å²) < 4.78 is 23.5. The third-order valence-electron chi connectivity index (χ3n) is 3.91. The summed E-state index contributed by atoms with van der Waals surface area (Å²) in [5.74, 6) is -1.39. The van der Waals surface area contributed by atoms with Gasteiger partial charge in [-0.2, -0.15) is 0 Å². The first-order valence-electron chi connectivity index (χ1n) is 8.21. The molecule has 0 aliphatic carbocycles. The Bertz CT molecular complexity index is 932. The van der Waals surface area contributed by atoms with E-state index < -0.39 is 23.8 Å². The minimum atomic E-state index is -1.20. The van der Waals surface area contributed by atoms with E-state index >= 15 is 0 Å². The number of carbonyl (C=O) groups excluding carboxylic acids is 2. The molecule has 0 unspecified atom stereocenters. The highest BCUT2D eigenvalue weighted by Gasteiger charge is 2.28. The molecule has 3 rings (SSSR count). The SMILES string of the molecule is Cc1noc(C)c1C(=O)O[C@H](C(=O)Nc1ccc(F)cc1)c1ccccc1. The summed E-state index contributed by atoms with van der Waals surface area (Å²) in [7, 11) is 0. The number of anilines is 1. The number of aromatic nitrogens is 1. The summed E-state index contributed by atoms with van der Waals surface area (Å²) in [5.41, 5.74) is 1.45. The minimum Gasteiger partial charge on any atom is -0.444 e. The Morgan fingerprint density at radius 2 is 1.74 bits per heavy atom. The highest BCUT2D eigenvalue weighted by atomic mass is 19.1. The van der Waals surface area contributed by atoms with E-state index in [1.165, 1.54) is 24.3 Å². The van der Waals surface area contributed by atoms with Crippen molar-refractivity contribution >= 4 is 17.6 Å². The van der Waals surface area contributed by atoms with Crippen LogP contribution in [0.15, 0.2) is 59.1 Å². The molecule has 0 aliphatic rings. The van der Waals surface area contributed by atoms with Gasteiger partial charge < -0.3 is 14.6 Å². The van der Waals surface area contributed by atoms with E-state index in [-0.39, 0.29) is 5.56 Å². The van der Waals surface area contributed by atoms with Crippen molar-refractivity contribution in [3.8, 4) is 0 Å². The molecule has 27 heavy (non-hydrogen) atoms. The van der Waals surface area contributed by atoms with Crippen molar-refractivity contribution in [1.29, 1.82) is 0 Å². The number of nitrogens with one attached hydrogen (secondary N) is 1. The molecule has 0 aliphatic heterocycles. The molecule has 0 spiro atoms. The smallest absolute Gasteiger partial charge is 0.344 e. The molecule has 1 amide bonds. The summed E-state index contributed by atoms with van der Waals surface area (Å²) in [6, 6.07) is 13.9. The van der Waals surface area contributed by atoms with Gasteiger partial charge in [0.2, 0.25) is 6.10 Å². The van der Waals surface area contributed by atoms with Crippen molar-refractivity contribution in [2.24, 2.45) is 0 Å². The van der Waals surface area contributed by atoms with E-state index in [9.17, 15) is 14.0 Å². The lowest BCUT2D eigenvalue weighted by Crippen LogP contribution is -2.26. The van der Waals surface area contributed by atoms with Crippen LogP contribution in [0.1, 0.15) is 33.5 Å². The van der Waals surface area contributed by atoms with E-state index in [0.717, 1.165) is 0 Å². The largest absolute Gasteiger partial charge is 0.444 e. The van der Waals surface area contributed by atoms with Gasteiger partial charge in [0.05, 0.1) is 5.69 Å². The van der Waals surface area contributed by atoms with Crippen LogP contribution in [0, 0.1) is 19.7 Å². The summed E-state index contributed by atoms with van der Waals surface area (Å²) in [4.78, 5) is 25.3. The first-order chi connectivity index (χ1) is 13.0. The number of hydrogen-bond donors (Lipinski definition) is 1. The summed E-state index contributed by atoms with van der Waals surface area (Å²) >= 11 is 0. The Labute approximate surface area is 154 Å². The number of rotatable bonds is 5. The fraction of sp³-hybridized carbons (Fsp3) is 0.150. The van der Waals surface area contributed by atoms with Crippen molar-refractivity contribution < 1.29 is 23.2 Å². The maximum atomic E-state index is 13.1. The molecule has 1 aromatic heterocycles. The number of halogens is 1. The zero-order valence-corrected chi connectivity index (χ0v) is 14.7. The number of benzene rings is 2. The topological polar surface area (TPSA) is 81.4 Å². The fourth-order valence-corrected chi connectivity index (χ4v) is 2.58. The molecule has 0 saturated heterocycles. The van der Waals surface area contributed by atoms with Crippen LogP contribution in [-0.4, -0.2) is 17.0 Å². The summed E-state index contributed by atoms with van der Waals surface area (Å²) in [6.07, 6.45) is -1.20. The van der Waals surface area contributed by atoms with E-state index in [1.807, 2.05) is 0 Å². The number of amides is 1. The first-order valence-corrected chi connectivity index (χ1v) is 8.21. The molecule has 1 heterocycles. The van der Waals surface area contributed by atoms with Gasteiger partial charge in [-0.1, -0.05) is 35.5 Å². The Hall–Kier alpha value is -3.48. The van der Waals surface area contributed by atoms with E-state index in [4.69, 9.17) is 9.26 Å². The van der Waals surface area contributed by atoms with Gasteiger partial charge in [-0.05, 0) is 38.1 Å². The molecule has 3 aromatic rings. The van der Waals surface area contributed by atoms with Crippen LogP contribution in [0.4, 0.5) is 10.1 Å². The molecule has 1 atom stereocenters. The Kier molecular flexibility index (Phi) is 5.30. The Balaban J connectivity index is 1.86. The van der Waals surface area contributed by atoms with Gasteiger partial charge in [0.1, 0.15) is 17.1 Å². The van der Waals surface area contributed by atoms with Crippen LogP contribution < -0.4 is 5.32 Å². The molecule has 2 aromatic carbocycles. The number of esters is 1. The van der Waals surface area contributed by atoms with Gasteiger partial charge in [0.15, 0.2) is 0 Å². The monoisotopic (exact) mass is 368 g/mol. The standard InChI is InChI=1S/C20H17FN2O4/c1-12-17(13(2)27-23-12)20(25)26-18(14-6-4-3-5-7-14)19(24)22-16-10-8-15(21)9-11-16/h3-11,18H,1-2H3,(H,22,24)/t18-/m0/s1. The van der Waals surface area contributed by atoms with Crippen LogP contribution in [0.3, 0.4) is 0 Å². The molecule has 138 valence electrons. The lowest BCUT2D eigenvalue weighted by atomic mass is 10.1. The molecule has 6 nitrogen and oxygen atoms in total. The number of ether oxygens (including phenoxy) is 1. The zero-order chi connectivity index (χ0) is 19.4. The van der Waals surface area contributed by atoms with Crippen molar-refractivity contribution in [3.05, 3.63) is 83.0 Å². The van der Waals surface area contributed by atoms with Crippen molar-refractivity contribution in [2.75, 3.05) is 5.32 Å². The Morgan fingerprint density at radius 1 is 1.07 bits per heavy atom. The molecule has 0 fully saturated rings. The van der Waals surface area contributed by atoms with Crippen LogP contribution >= 0.6 is 0 Å². The zero-order valence-electron chi connectivity index (χ0n) is 14.7. The second-order valence-corrected chi connectivity index (χ2v) is 5.89. The van der Waals surface area contributed by atoms with Crippen LogP contribution in [0.2, 0.25) is 0 Å². The van der Waals surface area contributed by atoms with Crippen LogP contribution in [0.5, 0.6) is 0 Å². The maximum absolute atomic E-state index is 13.1. The fourth-order valence-electron chi connectivity index (χ4n) is 2.58. The predicted octanol–water partition coefficient (Wildman–Crippen LogP) is 3.97. The molecular formula is C20H17FN2O4. The normalized spacial score (nSPS) is 11.7. The van der Waals surface area contributed by atoms with E-state index in [1.54, 1.807) is 44.2 Å². The minimum absolute atomic E-state index is 0.186. The average Bonchev–Trinajstić information content (AvgIpc) is 3.00. The number of hydrogen-bond acceptors (Lipinski definition) is 5. The maximum Gasteiger partial charge on any atom is 0.344 e. The van der Waals surface area contributed by atoms with Crippen molar-refractivity contribution in [3.63, 3.8) is 0 Å². The van der Waals surface area contributed by atoms with Gasteiger partial charge in [-0.3, -0.25) is 4.79 Å². The van der Waals surface area contributed by atoms with Gasteiger partial charge in [0.25, 0.3) is 5.91 Å². The van der Waals surface area contributed by atoms with E-state index in [0.29, 0.717) is 22.7 Å². The highest BCUT2D eigenvalue weighted by Crippen LogP contribution is 2.23. The summed E-state index contributed by atoms with van der Waals surface area (Å²) in [5, 5.41) is 6.35. The Morgan fingerprint density at radius 3 is 2.33 bits per heavy atom. The van der Waals surface area contributed by atoms with Gasteiger partial charge in [-0.25, -0.2) is 9.18 Å². The molecule has 7 heteroatoms. The van der Waals surface area contributed by atoms with Crippen LogP contribution in [-0.2, 0) is 9.53 Å². The summed E-state index contributed by atoms with van der Waals surface area (Å²) in [6.45, 7) is 3.20. The quantitative estimate of drug-likeness (QED) is 0.689. The molecular weight excluding hydrogens is 351 g/mol. The third-order valence-corrected chi connectivity index (χ3v) is 3.91. The second-order valence-electron chi connectivity index (χ2n) is 5.89. The van der Waals surface area contributed by atoms with E-state index in [2.05, 4.69) is 10.5 Å². The van der Waals surface area contributed by atoms with Gasteiger partial charge in [0, 0.05) is 11.3 Å². The van der Waals surface area contributed by atoms with Gasteiger partial charge >= 0.3 is 5.97 Å². The lowest BCUT2D eigenvalue weighted by molar-refractivity contribution is -0.125. The second kappa shape index (κ2) is 7.82. The predicted molar refractivity (Wildman–Crippen MR) is 95.6 cm³/mol. The average molecular weight is 368 g/mol. The highest BCUT2D eigenvalue weighted by molar-refractivity contribution is 5.98. The molecule has 0 bridgehead atoms. The molecule has 0 radical (unpaired) electrons. The van der Waals surface area contributed by atoms with Crippen molar-refractivity contribution in [1.82, 2.24) is 5.16 Å². The van der Waals surface area contributed by atoms with Crippen molar-refractivity contribution in [2.45, 2.75) is 20.0 Å². The molecule has 1 N–H and O–H groups in total. The van der Waals surface area contributed by atoms with Gasteiger partial charge in [-0.15, -0.1) is 0 Å². The molecule has 0 saturated carbocycles. The number of nitrogens with zero attached hydrogens (tertiary/aromatic N) is 1. The third kappa shape index (κ3) is 4.20. The van der Waals surface area contributed by atoms with Crippen LogP contribution in [0.25, 0.3) is 0 Å². The lowest BCUT2D eigenvalue weighted by Gasteiger charge is -2.18.